The zero-order valence-corrected chi connectivity index (χ0v) is 19.9. The fraction of sp³-hybridized carbons (Fsp3) is 0.407. The van der Waals surface area contributed by atoms with Gasteiger partial charge < -0.3 is 15.6 Å². The number of benzene rings is 2. The number of nitrogens with one attached hydrogen (secondary N) is 1. The Labute approximate surface area is 194 Å². The van der Waals surface area contributed by atoms with Crippen molar-refractivity contribution in [2.24, 2.45) is 23.0 Å². The minimum atomic E-state index is -2.33. The van der Waals surface area contributed by atoms with Gasteiger partial charge in [0.15, 0.2) is 0 Å². The van der Waals surface area contributed by atoms with Crippen molar-refractivity contribution in [3.63, 3.8) is 0 Å². The van der Waals surface area contributed by atoms with Gasteiger partial charge in [0, 0.05) is 22.8 Å². The zero-order chi connectivity index (χ0) is 22.9. The van der Waals surface area contributed by atoms with Crippen molar-refractivity contribution in [1.82, 2.24) is 0 Å². The molecule has 3 N–H and O–H groups in total. The molecular weight excluding hydrogens is 416 g/mol. The highest BCUT2D eigenvalue weighted by atomic mass is 32.2. The predicted octanol–water partition coefficient (Wildman–Crippen LogP) is 5.57. The second-order valence-electron chi connectivity index (χ2n) is 9.62. The third-order valence-corrected chi connectivity index (χ3v) is 9.40. The molecule has 0 amide bonds. The van der Waals surface area contributed by atoms with Crippen LogP contribution in [0.25, 0.3) is 6.08 Å². The van der Waals surface area contributed by atoms with Crippen LogP contribution in [0.3, 0.4) is 0 Å². The maximum Gasteiger partial charge on any atom is 0.0751 e. The van der Waals surface area contributed by atoms with Crippen molar-refractivity contribution in [3.05, 3.63) is 83.6 Å². The van der Waals surface area contributed by atoms with Crippen LogP contribution in [0.4, 0.5) is 5.69 Å². The van der Waals surface area contributed by atoms with Gasteiger partial charge in [0.1, 0.15) is 0 Å². The Morgan fingerprint density at radius 3 is 2.53 bits per heavy atom. The maximum absolute atomic E-state index is 12.8. The number of para-hydroxylation sites is 1. The number of rotatable bonds is 5. The minimum absolute atomic E-state index is 0.0412. The van der Waals surface area contributed by atoms with E-state index in [1.165, 1.54) is 11.3 Å². The molecule has 2 aliphatic rings. The number of hydrogen-bond donors (Lipinski definition) is 2. The molecule has 4 nitrogen and oxygen atoms in total. The molecule has 0 spiro atoms. The van der Waals surface area contributed by atoms with Crippen molar-refractivity contribution in [2.75, 3.05) is 5.32 Å². The van der Waals surface area contributed by atoms with Crippen LogP contribution in [0.15, 0.2) is 72.4 Å². The summed E-state index contributed by atoms with van der Waals surface area (Å²) in [5.41, 5.74) is 10.6. The lowest BCUT2D eigenvalue weighted by molar-refractivity contribution is 0.0979. The average Bonchev–Trinajstić information content (AvgIpc) is 3.00. The van der Waals surface area contributed by atoms with Gasteiger partial charge in [-0.05, 0) is 72.4 Å². The zero-order valence-electron chi connectivity index (χ0n) is 19.1. The van der Waals surface area contributed by atoms with Gasteiger partial charge in [0.05, 0.1) is 4.75 Å². The van der Waals surface area contributed by atoms with Gasteiger partial charge in [-0.3, -0.25) is 4.21 Å². The van der Waals surface area contributed by atoms with Crippen LogP contribution in [0, 0.1) is 17.3 Å². The van der Waals surface area contributed by atoms with E-state index in [9.17, 15) is 8.76 Å². The Bertz CT molecular complexity index is 1050. The number of anilines is 1. The molecule has 2 aromatic carbocycles. The van der Waals surface area contributed by atoms with Gasteiger partial charge in [0.25, 0.3) is 0 Å². The Morgan fingerprint density at radius 2 is 1.88 bits per heavy atom. The molecule has 1 fully saturated rings. The van der Waals surface area contributed by atoms with E-state index >= 15 is 0 Å². The van der Waals surface area contributed by atoms with Gasteiger partial charge in [-0.2, -0.15) is 0 Å². The third kappa shape index (κ3) is 3.76. The van der Waals surface area contributed by atoms with E-state index in [-0.39, 0.29) is 17.3 Å². The molecule has 0 saturated heterocycles. The molecule has 6 unspecified atom stereocenters. The first kappa shape index (κ1) is 23.0. The highest BCUT2D eigenvalue weighted by molar-refractivity contribution is 7.80. The van der Waals surface area contributed by atoms with E-state index in [0.717, 1.165) is 30.5 Å². The predicted molar refractivity (Wildman–Crippen MR) is 132 cm³/mol. The second kappa shape index (κ2) is 8.97. The Balaban J connectivity index is 1.66. The summed E-state index contributed by atoms with van der Waals surface area (Å²) in [5, 5.41) is 3.68. The summed E-state index contributed by atoms with van der Waals surface area (Å²) in [6.45, 7) is 6.39. The first-order valence-electron chi connectivity index (χ1n) is 11.5. The van der Waals surface area contributed by atoms with Crippen LogP contribution in [0.2, 0.25) is 0 Å². The molecule has 5 heteroatoms. The van der Waals surface area contributed by atoms with E-state index in [0.29, 0.717) is 0 Å². The molecule has 6 atom stereocenters. The van der Waals surface area contributed by atoms with Crippen LogP contribution in [-0.4, -0.2) is 14.8 Å². The van der Waals surface area contributed by atoms with Crippen LogP contribution in [-0.2, 0) is 15.8 Å². The highest BCUT2D eigenvalue weighted by Crippen LogP contribution is 2.54. The van der Waals surface area contributed by atoms with Crippen LogP contribution in [0.1, 0.15) is 51.2 Å². The Morgan fingerprint density at radius 1 is 1.19 bits per heavy atom. The van der Waals surface area contributed by atoms with Gasteiger partial charge in [-0.25, -0.2) is 0 Å². The molecule has 0 radical (unpaired) electrons. The number of allylic oxidation sites excluding steroid dienone is 3. The SMILES string of the molecule is CC1CC(C(c2ccccc2)(C(C)N)S(=O)[O-])CCC1(C)C1=CC=Cc2ccccc2N1. The van der Waals surface area contributed by atoms with Crippen molar-refractivity contribution >= 4 is 22.8 Å². The lowest BCUT2D eigenvalue weighted by Crippen LogP contribution is -2.55. The molecule has 2 aromatic rings. The molecule has 0 bridgehead atoms. The molecule has 32 heavy (non-hydrogen) atoms. The van der Waals surface area contributed by atoms with Gasteiger partial charge >= 0.3 is 0 Å². The summed E-state index contributed by atoms with van der Waals surface area (Å²) in [6.07, 6.45) is 8.92. The number of hydrogen-bond acceptors (Lipinski definition) is 4. The Hall–Kier alpha value is -2.21. The standard InChI is InChI=1S/C27H34N2O2S/c1-19-18-23(27(20(2)28,32(30)31)22-12-5-4-6-13-22)16-17-26(19,3)25-15-9-11-21-10-7-8-14-24(21)29-25/h4-15,19-20,23,29H,16-18,28H2,1-3H3,(H,30,31)/p-1. The minimum Gasteiger partial charge on any atom is -0.772 e. The normalized spacial score (nSPS) is 29.0. The number of fused-ring (bicyclic) bond motifs is 1. The molecule has 0 aromatic heterocycles. The summed E-state index contributed by atoms with van der Waals surface area (Å²) in [4.78, 5) is 0. The van der Waals surface area contributed by atoms with Crippen LogP contribution in [0.5, 0.6) is 0 Å². The maximum atomic E-state index is 12.8. The first-order chi connectivity index (χ1) is 15.3. The molecule has 1 aliphatic heterocycles. The highest BCUT2D eigenvalue weighted by Gasteiger charge is 2.51. The first-order valence-corrected chi connectivity index (χ1v) is 12.5. The van der Waals surface area contributed by atoms with E-state index < -0.39 is 21.9 Å². The quantitative estimate of drug-likeness (QED) is 0.585. The fourth-order valence-electron chi connectivity index (χ4n) is 5.79. The molecule has 4 rings (SSSR count). The van der Waals surface area contributed by atoms with Gasteiger partial charge in [-0.1, -0.05) is 74.5 Å². The monoisotopic (exact) mass is 449 g/mol. The molecule has 170 valence electrons. The molecular formula is C27H33N2O2S-. The number of nitrogens with two attached hydrogens (primary N) is 1. The van der Waals surface area contributed by atoms with E-state index in [2.05, 4.69) is 49.5 Å². The average molecular weight is 450 g/mol. The van der Waals surface area contributed by atoms with Gasteiger partial charge in [-0.15, -0.1) is 0 Å². The van der Waals surface area contributed by atoms with Crippen molar-refractivity contribution in [2.45, 2.75) is 50.8 Å². The molecule has 1 aliphatic carbocycles. The largest absolute Gasteiger partial charge is 0.772 e. The van der Waals surface area contributed by atoms with Crippen LogP contribution < -0.4 is 11.1 Å². The molecule has 1 saturated carbocycles. The van der Waals surface area contributed by atoms with E-state index in [1.807, 2.05) is 49.4 Å². The Kier molecular flexibility index (Phi) is 6.44. The summed E-state index contributed by atoms with van der Waals surface area (Å²) in [5.74, 6) is 0.240. The van der Waals surface area contributed by atoms with E-state index in [1.54, 1.807) is 0 Å². The summed E-state index contributed by atoms with van der Waals surface area (Å²) < 4.78 is 24.5. The van der Waals surface area contributed by atoms with Crippen LogP contribution >= 0.6 is 0 Å². The summed E-state index contributed by atoms with van der Waals surface area (Å²) >= 11 is -2.33. The van der Waals surface area contributed by atoms with Crippen molar-refractivity contribution in [1.29, 1.82) is 0 Å². The lowest BCUT2D eigenvalue weighted by Gasteiger charge is -2.53. The van der Waals surface area contributed by atoms with Crippen molar-refractivity contribution < 1.29 is 8.76 Å². The fourth-order valence-corrected chi connectivity index (χ4v) is 6.91. The summed E-state index contributed by atoms with van der Waals surface area (Å²) in [6, 6.07) is 17.4. The third-order valence-electron chi connectivity index (χ3n) is 7.91. The lowest BCUT2D eigenvalue weighted by atomic mass is 9.59. The van der Waals surface area contributed by atoms with Crippen molar-refractivity contribution in [3.8, 4) is 0 Å². The second-order valence-corrected chi connectivity index (χ2v) is 10.8. The molecule has 1 heterocycles. The smallest absolute Gasteiger partial charge is 0.0751 e. The topological polar surface area (TPSA) is 78.2 Å². The summed E-state index contributed by atoms with van der Waals surface area (Å²) in [7, 11) is 0. The van der Waals surface area contributed by atoms with E-state index in [4.69, 9.17) is 5.73 Å². The van der Waals surface area contributed by atoms with Gasteiger partial charge in [0.2, 0.25) is 0 Å².